The Morgan fingerprint density at radius 3 is 2.22 bits per heavy atom. The summed E-state index contributed by atoms with van der Waals surface area (Å²) in [5, 5.41) is 30.6. The standard InChI is InChI=1S/C32H46O9/c1-16(10-9-11-31(7,40)27(38)39)18-12-23(36)32(8)25-19(34)13-22-28(3,4)26(37)21(41-17(2)33)15-29(22,5)24(25)20(35)14-30(18,32)6/h16,18,21-22,26,37,40H,9-15H2,1-8H3,(H,38,39)/t16-,18-,21+,22+,26+,29+,30-,31?,32+/m1/s1. The van der Waals surface area contributed by atoms with Crippen molar-refractivity contribution in [1.82, 2.24) is 0 Å². The average Bonchev–Trinajstić information content (AvgIpc) is 3.04. The van der Waals surface area contributed by atoms with Crippen LogP contribution in [0.25, 0.3) is 0 Å². The lowest BCUT2D eigenvalue weighted by molar-refractivity contribution is -0.188. The van der Waals surface area contributed by atoms with Gasteiger partial charge in [-0.3, -0.25) is 19.2 Å². The molecule has 0 aromatic carbocycles. The summed E-state index contributed by atoms with van der Waals surface area (Å²) in [7, 11) is 0. The van der Waals surface area contributed by atoms with Gasteiger partial charge in [0.25, 0.3) is 0 Å². The number of carboxylic acids is 1. The minimum absolute atomic E-state index is 0.0514. The SMILES string of the molecule is CC(=O)O[C@H]1C[C@]2(C)C3=C(C(=O)C[C@H]2C(C)(C)[C@H]1O)[C@]1(C)C(=O)C[C@H]([C@H](C)CCCC(C)(O)C(=O)O)[C@@]1(C)CC3=O. The topological polar surface area (TPSA) is 155 Å². The van der Waals surface area contributed by atoms with Gasteiger partial charge >= 0.3 is 11.9 Å². The van der Waals surface area contributed by atoms with E-state index in [1.807, 2.05) is 41.5 Å². The number of rotatable bonds is 7. The molecule has 0 amide bonds. The van der Waals surface area contributed by atoms with Crippen LogP contribution in [0.4, 0.5) is 0 Å². The van der Waals surface area contributed by atoms with Crippen molar-refractivity contribution >= 4 is 29.3 Å². The monoisotopic (exact) mass is 574 g/mol. The van der Waals surface area contributed by atoms with E-state index >= 15 is 0 Å². The van der Waals surface area contributed by atoms with Crippen LogP contribution in [0.1, 0.15) is 100 Å². The van der Waals surface area contributed by atoms with E-state index in [0.717, 1.165) is 0 Å². The maximum atomic E-state index is 14.3. The number of carbonyl (C=O) groups is 5. The normalized spacial score (nSPS) is 40.3. The molecule has 4 aliphatic carbocycles. The van der Waals surface area contributed by atoms with Crippen molar-refractivity contribution in [3.8, 4) is 0 Å². The molecule has 0 spiro atoms. The number of aliphatic hydroxyl groups is 2. The van der Waals surface area contributed by atoms with Gasteiger partial charge in [0.2, 0.25) is 0 Å². The van der Waals surface area contributed by atoms with Crippen molar-refractivity contribution in [3.63, 3.8) is 0 Å². The summed E-state index contributed by atoms with van der Waals surface area (Å²) in [5.74, 6) is -2.92. The van der Waals surface area contributed by atoms with Gasteiger partial charge in [-0.05, 0) is 61.7 Å². The third-order valence-electron chi connectivity index (χ3n) is 11.9. The third-order valence-corrected chi connectivity index (χ3v) is 11.9. The summed E-state index contributed by atoms with van der Waals surface area (Å²) in [6.45, 7) is 13.9. The van der Waals surface area contributed by atoms with Crippen molar-refractivity contribution in [1.29, 1.82) is 0 Å². The summed E-state index contributed by atoms with van der Waals surface area (Å²) in [4.78, 5) is 65.6. The van der Waals surface area contributed by atoms with Gasteiger partial charge in [-0.2, -0.15) is 0 Å². The van der Waals surface area contributed by atoms with Crippen LogP contribution in [0, 0.1) is 39.4 Å². The molecule has 4 aliphatic rings. The average molecular weight is 575 g/mol. The van der Waals surface area contributed by atoms with Crippen LogP contribution in [0.2, 0.25) is 0 Å². The highest BCUT2D eigenvalue weighted by atomic mass is 16.6. The first-order valence-corrected chi connectivity index (χ1v) is 14.8. The highest BCUT2D eigenvalue weighted by molar-refractivity contribution is 6.16. The second-order valence-corrected chi connectivity index (χ2v) is 14.8. The number of hydrogen-bond acceptors (Lipinski definition) is 8. The second kappa shape index (κ2) is 9.83. The maximum absolute atomic E-state index is 14.3. The van der Waals surface area contributed by atoms with Crippen LogP contribution in [0.5, 0.6) is 0 Å². The molecule has 228 valence electrons. The molecule has 0 aromatic rings. The quantitative estimate of drug-likeness (QED) is 0.385. The lowest BCUT2D eigenvalue weighted by atomic mass is 9.42. The van der Waals surface area contributed by atoms with Crippen LogP contribution in [-0.4, -0.2) is 62.4 Å². The maximum Gasteiger partial charge on any atom is 0.335 e. The lowest BCUT2D eigenvalue weighted by Crippen LogP contribution is -2.63. The number of fused-ring (bicyclic) bond motifs is 4. The predicted molar refractivity (Wildman–Crippen MR) is 148 cm³/mol. The Labute approximate surface area is 242 Å². The lowest BCUT2D eigenvalue weighted by Gasteiger charge is -2.61. The fraction of sp³-hybridized carbons (Fsp3) is 0.781. The van der Waals surface area contributed by atoms with E-state index in [4.69, 9.17) is 4.74 Å². The number of ketones is 3. The molecular formula is C32H46O9. The molecule has 2 saturated carbocycles. The Hall–Kier alpha value is -2.39. The van der Waals surface area contributed by atoms with Crippen LogP contribution in [0.3, 0.4) is 0 Å². The number of allylic oxidation sites excluding steroid dienone is 2. The molecule has 0 aromatic heterocycles. The highest BCUT2D eigenvalue weighted by Gasteiger charge is 2.71. The van der Waals surface area contributed by atoms with Crippen molar-refractivity contribution in [2.45, 2.75) is 118 Å². The molecule has 9 atom stereocenters. The third kappa shape index (κ3) is 4.44. The zero-order chi connectivity index (χ0) is 31.1. The van der Waals surface area contributed by atoms with E-state index in [-0.39, 0.29) is 67.2 Å². The van der Waals surface area contributed by atoms with Gasteiger partial charge in [0.1, 0.15) is 11.9 Å². The Balaban J connectivity index is 1.76. The first-order chi connectivity index (χ1) is 18.7. The van der Waals surface area contributed by atoms with Crippen LogP contribution >= 0.6 is 0 Å². The largest absolute Gasteiger partial charge is 0.479 e. The number of carboxylic acid groups (broad SMARTS) is 1. The fourth-order valence-electron chi connectivity index (χ4n) is 9.34. The molecule has 0 bridgehead atoms. The Kier molecular flexibility index (Phi) is 7.56. The minimum Gasteiger partial charge on any atom is -0.479 e. The molecule has 0 saturated heterocycles. The molecular weight excluding hydrogens is 528 g/mol. The number of Topliss-reactive ketones (excluding diaryl/α,β-unsaturated/α-hetero) is 3. The number of aliphatic carboxylic acids is 1. The van der Waals surface area contributed by atoms with Crippen LogP contribution in [-0.2, 0) is 28.7 Å². The molecule has 0 radical (unpaired) electrons. The van der Waals surface area contributed by atoms with Crippen molar-refractivity contribution in [2.75, 3.05) is 0 Å². The van der Waals surface area contributed by atoms with Gasteiger partial charge in [0.15, 0.2) is 17.2 Å². The number of hydrogen-bond donors (Lipinski definition) is 3. The van der Waals surface area contributed by atoms with E-state index in [0.29, 0.717) is 24.0 Å². The van der Waals surface area contributed by atoms with E-state index in [1.54, 1.807) is 0 Å². The Morgan fingerprint density at radius 1 is 1.05 bits per heavy atom. The predicted octanol–water partition coefficient (Wildman–Crippen LogP) is 3.82. The molecule has 0 heterocycles. The molecule has 9 nitrogen and oxygen atoms in total. The molecule has 41 heavy (non-hydrogen) atoms. The van der Waals surface area contributed by atoms with E-state index in [2.05, 4.69) is 0 Å². The van der Waals surface area contributed by atoms with Crippen LogP contribution in [0.15, 0.2) is 11.1 Å². The zero-order valence-electron chi connectivity index (χ0n) is 25.6. The van der Waals surface area contributed by atoms with E-state index in [9.17, 15) is 39.3 Å². The van der Waals surface area contributed by atoms with Crippen LogP contribution < -0.4 is 0 Å². The molecule has 2 fully saturated rings. The highest BCUT2D eigenvalue weighted by Crippen LogP contribution is 2.70. The van der Waals surface area contributed by atoms with E-state index < -0.39 is 51.4 Å². The molecule has 4 rings (SSSR count). The molecule has 0 aliphatic heterocycles. The number of ether oxygens (including phenoxy) is 1. The fourth-order valence-corrected chi connectivity index (χ4v) is 9.34. The smallest absolute Gasteiger partial charge is 0.335 e. The molecule has 1 unspecified atom stereocenters. The van der Waals surface area contributed by atoms with Gasteiger partial charge < -0.3 is 20.1 Å². The summed E-state index contributed by atoms with van der Waals surface area (Å²) < 4.78 is 5.54. The first-order valence-electron chi connectivity index (χ1n) is 14.8. The number of esters is 1. The van der Waals surface area contributed by atoms with Gasteiger partial charge in [-0.25, -0.2) is 4.79 Å². The summed E-state index contributed by atoms with van der Waals surface area (Å²) >= 11 is 0. The van der Waals surface area contributed by atoms with Crippen molar-refractivity contribution in [3.05, 3.63) is 11.1 Å². The Bertz CT molecular complexity index is 1230. The Morgan fingerprint density at radius 2 is 1.66 bits per heavy atom. The number of carbonyl (C=O) groups excluding carboxylic acids is 4. The van der Waals surface area contributed by atoms with E-state index in [1.165, 1.54) is 13.8 Å². The first kappa shape index (κ1) is 31.5. The minimum atomic E-state index is -1.84. The molecule has 9 heteroatoms. The summed E-state index contributed by atoms with van der Waals surface area (Å²) in [5.41, 5.74) is -4.86. The van der Waals surface area contributed by atoms with Gasteiger partial charge in [0, 0.05) is 42.7 Å². The van der Waals surface area contributed by atoms with Crippen molar-refractivity contribution in [2.24, 2.45) is 39.4 Å². The zero-order valence-corrected chi connectivity index (χ0v) is 25.6. The van der Waals surface area contributed by atoms with Gasteiger partial charge in [-0.15, -0.1) is 0 Å². The van der Waals surface area contributed by atoms with Crippen molar-refractivity contribution < 1.29 is 44.0 Å². The van der Waals surface area contributed by atoms with Gasteiger partial charge in [0.05, 0.1) is 11.5 Å². The van der Waals surface area contributed by atoms with Gasteiger partial charge in [-0.1, -0.05) is 41.0 Å². The summed E-state index contributed by atoms with van der Waals surface area (Å²) in [6.07, 6.45) is -0.224. The second-order valence-electron chi connectivity index (χ2n) is 14.8. The summed E-state index contributed by atoms with van der Waals surface area (Å²) in [6, 6.07) is 0. The molecule has 3 N–H and O–H groups in total. The number of aliphatic hydroxyl groups excluding tert-OH is 1.